The fourth-order valence-corrected chi connectivity index (χ4v) is 1.92. The van der Waals surface area contributed by atoms with E-state index in [-0.39, 0.29) is 6.04 Å². The van der Waals surface area contributed by atoms with Crippen LogP contribution in [-0.4, -0.2) is 62.2 Å². The highest BCUT2D eigenvalue weighted by Gasteiger charge is 2.26. The Labute approximate surface area is 91.9 Å². The topological polar surface area (TPSA) is 52.0 Å². The molecule has 86 valence electrons. The zero-order valence-corrected chi connectivity index (χ0v) is 10.1. The standard InChI is InChI=1S/C10H22N5/c1-10(12-13-11)4-7-15(3)8-5-14(2)6-9-15/h10H,4-9H2,1-3H3/q+1. The predicted octanol–water partition coefficient (Wildman–Crippen LogP) is 1.47. The molecule has 0 spiro atoms. The Kier molecular flexibility index (Phi) is 4.39. The van der Waals surface area contributed by atoms with Crippen molar-refractivity contribution < 1.29 is 4.48 Å². The van der Waals surface area contributed by atoms with Crippen molar-refractivity contribution in [2.24, 2.45) is 5.11 Å². The molecule has 15 heavy (non-hydrogen) atoms. The van der Waals surface area contributed by atoms with Gasteiger partial charge in [0.15, 0.2) is 0 Å². The Balaban J connectivity index is 2.33. The highest BCUT2D eigenvalue weighted by Crippen LogP contribution is 2.11. The lowest BCUT2D eigenvalue weighted by Crippen LogP contribution is -2.56. The second-order valence-corrected chi connectivity index (χ2v) is 4.94. The van der Waals surface area contributed by atoms with E-state index in [0.29, 0.717) is 0 Å². The maximum Gasteiger partial charge on any atom is 0.0914 e. The van der Waals surface area contributed by atoms with Gasteiger partial charge in [-0.1, -0.05) is 12.0 Å². The van der Waals surface area contributed by atoms with E-state index in [1.807, 2.05) is 6.92 Å². The molecule has 0 aromatic heterocycles. The monoisotopic (exact) mass is 212 g/mol. The maximum absolute atomic E-state index is 8.32. The van der Waals surface area contributed by atoms with Crippen LogP contribution in [0.15, 0.2) is 5.11 Å². The third-order valence-electron chi connectivity index (χ3n) is 3.38. The maximum atomic E-state index is 8.32. The summed E-state index contributed by atoms with van der Waals surface area (Å²) in [6, 6.07) is 0.129. The van der Waals surface area contributed by atoms with Crippen molar-refractivity contribution in [1.82, 2.24) is 4.90 Å². The van der Waals surface area contributed by atoms with Crippen molar-refractivity contribution in [3.63, 3.8) is 0 Å². The predicted molar refractivity (Wildman–Crippen MR) is 61.5 cm³/mol. The second kappa shape index (κ2) is 5.35. The summed E-state index contributed by atoms with van der Waals surface area (Å²) in [6.45, 7) is 7.87. The molecule has 0 radical (unpaired) electrons. The molecular weight excluding hydrogens is 190 g/mol. The van der Waals surface area contributed by atoms with E-state index in [1.165, 1.54) is 26.2 Å². The summed E-state index contributed by atoms with van der Waals surface area (Å²) < 4.78 is 1.12. The number of hydrogen-bond donors (Lipinski definition) is 0. The summed E-state index contributed by atoms with van der Waals surface area (Å²) in [5.41, 5.74) is 8.32. The van der Waals surface area contributed by atoms with Gasteiger partial charge >= 0.3 is 0 Å². The summed E-state index contributed by atoms with van der Waals surface area (Å²) in [4.78, 5) is 5.22. The first-order valence-corrected chi connectivity index (χ1v) is 5.62. The van der Waals surface area contributed by atoms with E-state index >= 15 is 0 Å². The van der Waals surface area contributed by atoms with Crippen LogP contribution in [0, 0.1) is 0 Å². The fourth-order valence-electron chi connectivity index (χ4n) is 1.92. The quantitative estimate of drug-likeness (QED) is 0.301. The minimum absolute atomic E-state index is 0.129. The number of quaternary nitrogens is 1. The molecule has 5 heteroatoms. The van der Waals surface area contributed by atoms with Crippen LogP contribution >= 0.6 is 0 Å². The van der Waals surface area contributed by atoms with Crippen molar-refractivity contribution in [2.45, 2.75) is 19.4 Å². The largest absolute Gasteiger partial charge is 0.324 e. The lowest BCUT2D eigenvalue weighted by molar-refractivity contribution is -0.913. The molecule has 1 fully saturated rings. The van der Waals surface area contributed by atoms with Crippen LogP contribution < -0.4 is 0 Å². The van der Waals surface area contributed by atoms with Gasteiger partial charge in [-0.3, -0.25) is 4.90 Å². The normalized spacial score (nSPS) is 23.1. The SMILES string of the molecule is CC(CC[N+]1(C)CCN(C)CC1)N=[N+]=[N-]. The summed E-state index contributed by atoms with van der Waals surface area (Å²) in [7, 11) is 4.47. The molecule has 1 atom stereocenters. The number of likely N-dealkylation sites (N-methyl/N-ethyl adjacent to an activating group) is 2. The van der Waals surface area contributed by atoms with Gasteiger partial charge in [-0.05, 0) is 12.6 Å². The van der Waals surface area contributed by atoms with Gasteiger partial charge < -0.3 is 4.48 Å². The van der Waals surface area contributed by atoms with Crippen molar-refractivity contribution in [1.29, 1.82) is 0 Å². The van der Waals surface area contributed by atoms with Crippen LogP contribution in [0.5, 0.6) is 0 Å². The molecule has 0 saturated carbocycles. The minimum Gasteiger partial charge on any atom is -0.324 e. The summed E-state index contributed by atoms with van der Waals surface area (Å²) in [5.74, 6) is 0. The van der Waals surface area contributed by atoms with E-state index in [9.17, 15) is 0 Å². The Bertz CT molecular complexity index is 238. The van der Waals surface area contributed by atoms with Gasteiger partial charge in [-0.15, -0.1) is 0 Å². The molecule has 0 aliphatic carbocycles. The Morgan fingerprint density at radius 2 is 2.07 bits per heavy atom. The molecule has 0 aromatic rings. The van der Waals surface area contributed by atoms with Gasteiger partial charge in [-0.2, -0.15) is 0 Å². The van der Waals surface area contributed by atoms with Crippen molar-refractivity contribution >= 4 is 0 Å². The van der Waals surface area contributed by atoms with E-state index in [1.54, 1.807) is 0 Å². The first kappa shape index (κ1) is 12.3. The average Bonchev–Trinajstić information content (AvgIpc) is 2.21. The minimum atomic E-state index is 0.129. The van der Waals surface area contributed by atoms with Gasteiger partial charge in [0.1, 0.15) is 0 Å². The smallest absolute Gasteiger partial charge is 0.0914 e. The first-order chi connectivity index (χ1) is 7.06. The lowest BCUT2D eigenvalue weighted by atomic mass is 10.2. The molecule has 1 heterocycles. The number of nitrogens with zero attached hydrogens (tertiary/aromatic N) is 5. The van der Waals surface area contributed by atoms with Crippen molar-refractivity contribution in [3.05, 3.63) is 10.4 Å². The van der Waals surface area contributed by atoms with Gasteiger partial charge in [0.2, 0.25) is 0 Å². The zero-order chi connectivity index (χ0) is 11.3. The Morgan fingerprint density at radius 1 is 1.47 bits per heavy atom. The van der Waals surface area contributed by atoms with Gasteiger partial charge in [-0.25, -0.2) is 0 Å². The Hall–Kier alpha value is -0.770. The molecule has 1 unspecified atom stereocenters. The van der Waals surface area contributed by atoms with Crippen LogP contribution in [0.1, 0.15) is 13.3 Å². The van der Waals surface area contributed by atoms with Crippen molar-refractivity contribution in [3.8, 4) is 0 Å². The lowest BCUT2D eigenvalue weighted by Gasteiger charge is -2.41. The molecule has 1 rings (SSSR count). The molecule has 5 nitrogen and oxygen atoms in total. The molecule has 1 aliphatic rings. The summed E-state index contributed by atoms with van der Waals surface area (Å²) >= 11 is 0. The van der Waals surface area contributed by atoms with Crippen LogP contribution in [0.3, 0.4) is 0 Å². The van der Waals surface area contributed by atoms with Crippen LogP contribution in [0.2, 0.25) is 0 Å². The van der Waals surface area contributed by atoms with Gasteiger partial charge in [0, 0.05) is 30.5 Å². The molecule has 1 saturated heterocycles. The molecule has 0 N–H and O–H groups in total. The fraction of sp³-hybridized carbons (Fsp3) is 1.00. The van der Waals surface area contributed by atoms with Gasteiger partial charge in [0.25, 0.3) is 0 Å². The van der Waals surface area contributed by atoms with Crippen LogP contribution in [0.25, 0.3) is 10.4 Å². The first-order valence-electron chi connectivity index (χ1n) is 5.62. The van der Waals surface area contributed by atoms with Gasteiger partial charge in [0.05, 0.1) is 26.7 Å². The summed E-state index contributed by atoms with van der Waals surface area (Å²) in [6.07, 6.45) is 0.990. The molecule has 0 bridgehead atoms. The van der Waals surface area contributed by atoms with Crippen LogP contribution in [-0.2, 0) is 0 Å². The molecule has 1 aliphatic heterocycles. The molecule has 0 amide bonds. The number of hydrogen-bond acceptors (Lipinski definition) is 2. The Morgan fingerprint density at radius 3 is 2.60 bits per heavy atom. The summed E-state index contributed by atoms with van der Waals surface area (Å²) in [5, 5.41) is 3.72. The number of rotatable bonds is 4. The van der Waals surface area contributed by atoms with E-state index in [2.05, 4.69) is 29.0 Å². The zero-order valence-electron chi connectivity index (χ0n) is 10.1. The third-order valence-corrected chi connectivity index (χ3v) is 3.38. The van der Waals surface area contributed by atoms with E-state index in [0.717, 1.165) is 17.4 Å². The van der Waals surface area contributed by atoms with E-state index in [4.69, 9.17) is 5.53 Å². The second-order valence-electron chi connectivity index (χ2n) is 4.94. The third kappa shape index (κ3) is 4.08. The number of piperazine rings is 1. The highest BCUT2D eigenvalue weighted by molar-refractivity contribution is 4.63. The average molecular weight is 212 g/mol. The van der Waals surface area contributed by atoms with E-state index < -0.39 is 0 Å². The number of azide groups is 1. The highest BCUT2D eigenvalue weighted by atomic mass is 15.4. The molecule has 0 aromatic carbocycles. The van der Waals surface area contributed by atoms with Crippen molar-refractivity contribution in [2.75, 3.05) is 46.8 Å². The molecular formula is C10H22N5+. The van der Waals surface area contributed by atoms with Crippen LogP contribution in [0.4, 0.5) is 0 Å².